The van der Waals surface area contributed by atoms with Crippen LogP contribution in [-0.2, 0) is 4.79 Å². The van der Waals surface area contributed by atoms with Gasteiger partial charge >= 0.3 is 12.3 Å². The van der Waals surface area contributed by atoms with Gasteiger partial charge in [-0.15, -0.1) is 13.2 Å². The van der Waals surface area contributed by atoms with Crippen LogP contribution in [0.25, 0.3) is 0 Å². The fraction of sp³-hybridized carbons (Fsp3) is 0.696. The molecule has 0 amide bonds. The highest BCUT2D eigenvalue weighted by Crippen LogP contribution is 2.42. The highest BCUT2D eigenvalue weighted by Gasteiger charge is 2.34. The Morgan fingerprint density at radius 3 is 1.93 bits per heavy atom. The molecule has 3 rings (SSSR count). The molecule has 2 saturated carbocycles. The molecule has 0 N–H and O–H groups in total. The van der Waals surface area contributed by atoms with E-state index < -0.39 is 6.36 Å². The molecular formula is C23H31F3O3. The molecule has 0 bridgehead atoms. The topological polar surface area (TPSA) is 35.5 Å². The molecule has 2 aliphatic rings. The standard InChI is InChI=1S/C23H31F3O3/c1-2-3-16-4-6-17(7-5-16)18-8-10-19(11-9-18)22(27)28-20-12-14-21(15-13-20)29-23(24,25)26/h12-19H,2-11H2,1H3. The second-order valence-corrected chi connectivity index (χ2v) is 8.62. The van der Waals surface area contributed by atoms with Gasteiger partial charge in [-0.05, 0) is 80.5 Å². The fourth-order valence-corrected chi connectivity index (χ4v) is 5.09. The van der Waals surface area contributed by atoms with Crippen molar-refractivity contribution in [1.29, 1.82) is 0 Å². The Bertz CT molecular complexity index is 640. The lowest BCUT2D eigenvalue weighted by atomic mass is 9.69. The van der Waals surface area contributed by atoms with Crippen LogP contribution >= 0.6 is 0 Å². The van der Waals surface area contributed by atoms with Gasteiger partial charge in [0.1, 0.15) is 11.5 Å². The summed E-state index contributed by atoms with van der Waals surface area (Å²) in [4.78, 5) is 12.4. The zero-order valence-electron chi connectivity index (χ0n) is 17.0. The number of halogens is 3. The van der Waals surface area contributed by atoms with Gasteiger partial charge < -0.3 is 9.47 Å². The molecule has 1 aromatic rings. The number of carbonyl (C=O) groups is 1. The normalized spacial score (nSPS) is 28.0. The van der Waals surface area contributed by atoms with Crippen LogP contribution in [-0.4, -0.2) is 12.3 Å². The van der Waals surface area contributed by atoms with Gasteiger partial charge in [-0.2, -0.15) is 0 Å². The predicted octanol–water partition coefficient (Wildman–Crippen LogP) is 6.90. The third kappa shape index (κ3) is 6.65. The number of benzene rings is 1. The van der Waals surface area contributed by atoms with Gasteiger partial charge in [0.2, 0.25) is 0 Å². The molecule has 0 aliphatic heterocycles. The summed E-state index contributed by atoms with van der Waals surface area (Å²) in [5.41, 5.74) is 0. The second kappa shape index (κ2) is 9.86. The lowest BCUT2D eigenvalue weighted by Gasteiger charge is -2.37. The molecule has 0 saturated heterocycles. The van der Waals surface area contributed by atoms with E-state index in [1.54, 1.807) is 0 Å². The van der Waals surface area contributed by atoms with Crippen molar-refractivity contribution in [3.63, 3.8) is 0 Å². The van der Waals surface area contributed by atoms with Crippen molar-refractivity contribution in [3.05, 3.63) is 24.3 Å². The van der Waals surface area contributed by atoms with E-state index in [1.165, 1.54) is 50.7 Å². The van der Waals surface area contributed by atoms with Gasteiger partial charge in [0.05, 0.1) is 5.92 Å². The van der Waals surface area contributed by atoms with Crippen LogP contribution in [0.1, 0.15) is 71.1 Å². The molecule has 3 nitrogen and oxygen atoms in total. The summed E-state index contributed by atoms with van der Waals surface area (Å²) < 4.78 is 45.8. The van der Waals surface area contributed by atoms with Gasteiger partial charge in [-0.1, -0.05) is 32.6 Å². The average Bonchev–Trinajstić information content (AvgIpc) is 2.69. The molecule has 29 heavy (non-hydrogen) atoms. The van der Waals surface area contributed by atoms with Crippen LogP contribution in [0.3, 0.4) is 0 Å². The molecule has 0 atom stereocenters. The number of ether oxygens (including phenoxy) is 2. The van der Waals surface area contributed by atoms with E-state index in [2.05, 4.69) is 11.7 Å². The first kappa shape index (κ1) is 22.0. The predicted molar refractivity (Wildman–Crippen MR) is 105 cm³/mol. The van der Waals surface area contributed by atoms with E-state index in [0.29, 0.717) is 0 Å². The monoisotopic (exact) mass is 412 g/mol. The molecule has 0 radical (unpaired) electrons. The van der Waals surface area contributed by atoms with Crippen molar-refractivity contribution in [1.82, 2.24) is 0 Å². The van der Waals surface area contributed by atoms with Crippen molar-refractivity contribution in [3.8, 4) is 11.5 Å². The van der Waals surface area contributed by atoms with Crippen molar-refractivity contribution in [2.45, 2.75) is 77.5 Å². The van der Waals surface area contributed by atoms with Gasteiger partial charge in [-0.25, -0.2) is 0 Å². The highest BCUT2D eigenvalue weighted by molar-refractivity contribution is 5.75. The number of esters is 1. The van der Waals surface area contributed by atoms with E-state index >= 15 is 0 Å². The first-order valence-corrected chi connectivity index (χ1v) is 10.9. The first-order valence-electron chi connectivity index (χ1n) is 10.9. The maximum atomic E-state index is 12.4. The molecule has 0 heterocycles. The van der Waals surface area contributed by atoms with Gasteiger partial charge in [0.15, 0.2) is 0 Å². The fourth-order valence-electron chi connectivity index (χ4n) is 5.09. The zero-order valence-corrected chi connectivity index (χ0v) is 17.0. The lowest BCUT2D eigenvalue weighted by molar-refractivity contribution is -0.274. The summed E-state index contributed by atoms with van der Waals surface area (Å²) in [6.45, 7) is 2.26. The molecule has 1 aromatic carbocycles. The van der Waals surface area contributed by atoms with Crippen LogP contribution < -0.4 is 9.47 Å². The Morgan fingerprint density at radius 1 is 0.897 bits per heavy atom. The lowest BCUT2D eigenvalue weighted by Crippen LogP contribution is -2.30. The molecule has 2 aliphatic carbocycles. The highest BCUT2D eigenvalue weighted by atomic mass is 19.4. The number of rotatable bonds is 6. The zero-order chi connectivity index (χ0) is 20.9. The summed E-state index contributed by atoms with van der Waals surface area (Å²) in [5.74, 6) is 1.97. The molecule has 162 valence electrons. The Morgan fingerprint density at radius 2 is 1.41 bits per heavy atom. The number of alkyl halides is 3. The number of hydrogen-bond acceptors (Lipinski definition) is 3. The second-order valence-electron chi connectivity index (χ2n) is 8.62. The molecular weight excluding hydrogens is 381 g/mol. The van der Waals surface area contributed by atoms with Crippen LogP contribution in [0, 0.1) is 23.7 Å². The Balaban J connectivity index is 1.42. The maximum Gasteiger partial charge on any atom is 0.573 e. The van der Waals surface area contributed by atoms with Crippen molar-refractivity contribution < 1.29 is 27.4 Å². The average molecular weight is 412 g/mol. The van der Waals surface area contributed by atoms with Gasteiger partial charge in [-0.3, -0.25) is 4.79 Å². The number of hydrogen-bond donors (Lipinski definition) is 0. The van der Waals surface area contributed by atoms with E-state index in [4.69, 9.17) is 4.74 Å². The van der Waals surface area contributed by atoms with E-state index in [-0.39, 0.29) is 23.4 Å². The van der Waals surface area contributed by atoms with Gasteiger partial charge in [0.25, 0.3) is 0 Å². The Labute approximate surface area is 171 Å². The molecule has 0 spiro atoms. The summed E-state index contributed by atoms with van der Waals surface area (Å²) in [7, 11) is 0. The van der Waals surface area contributed by atoms with Crippen LogP contribution in [0.5, 0.6) is 11.5 Å². The van der Waals surface area contributed by atoms with Crippen LogP contribution in [0.4, 0.5) is 13.2 Å². The molecule has 2 fully saturated rings. The Kier molecular flexibility index (Phi) is 7.47. The summed E-state index contributed by atoms with van der Waals surface area (Å²) in [5, 5.41) is 0. The minimum Gasteiger partial charge on any atom is -0.426 e. The van der Waals surface area contributed by atoms with Crippen LogP contribution in [0.2, 0.25) is 0 Å². The van der Waals surface area contributed by atoms with Crippen molar-refractivity contribution in [2.24, 2.45) is 23.7 Å². The Hall–Kier alpha value is -1.72. The third-order valence-corrected chi connectivity index (χ3v) is 6.64. The SMILES string of the molecule is CCCC1CCC(C2CCC(C(=O)Oc3ccc(OC(F)(F)F)cc3)CC2)CC1. The minimum absolute atomic E-state index is 0.117. The van der Waals surface area contributed by atoms with Crippen molar-refractivity contribution in [2.75, 3.05) is 0 Å². The molecule has 6 heteroatoms. The molecule has 0 aromatic heterocycles. The van der Waals surface area contributed by atoms with Crippen molar-refractivity contribution >= 4 is 5.97 Å². The number of carbonyl (C=O) groups excluding carboxylic acids is 1. The van der Waals surface area contributed by atoms with Crippen LogP contribution in [0.15, 0.2) is 24.3 Å². The smallest absolute Gasteiger partial charge is 0.426 e. The largest absolute Gasteiger partial charge is 0.573 e. The first-order chi connectivity index (χ1) is 13.8. The van der Waals surface area contributed by atoms with Gasteiger partial charge in [0, 0.05) is 0 Å². The summed E-state index contributed by atoms with van der Waals surface area (Å²) in [6.07, 6.45) is 7.10. The van der Waals surface area contributed by atoms with E-state index in [0.717, 1.165) is 55.6 Å². The quantitative estimate of drug-likeness (QED) is 0.376. The maximum absolute atomic E-state index is 12.4. The minimum atomic E-state index is -4.73. The summed E-state index contributed by atoms with van der Waals surface area (Å²) in [6, 6.07) is 4.97. The van der Waals surface area contributed by atoms with E-state index in [1.807, 2.05) is 0 Å². The third-order valence-electron chi connectivity index (χ3n) is 6.64. The summed E-state index contributed by atoms with van der Waals surface area (Å²) >= 11 is 0. The molecule has 0 unspecified atom stereocenters. The van der Waals surface area contributed by atoms with E-state index in [9.17, 15) is 18.0 Å².